The van der Waals surface area contributed by atoms with Crippen LogP contribution in [0, 0.1) is 0 Å². The van der Waals surface area contributed by atoms with Crippen molar-refractivity contribution in [3.05, 3.63) is 18.0 Å². The van der Waals surface area contributed by atoms with Crippen molar-refractivity contribution in [3.63, 3.8) is 0 Å². The maximum Gasteiger partial charge on any atom is 0.0619 e. The van der Waals surface area contributed by atoms with Gasteiger partial charge in [0, 0.05) is 25.9 Å². The van der Waals surface area contributed by atoms with Crippen LogP contribution in [0.15, 0.2) is 12.4 Å². The van der Waals surface area contributed by atoms with Crippen LogP contribution in [0.4, 0.5) is 0 Å². The summed E-state index contributed by atoms with van der Waals surface area (Å²) in [7, 11) is 3.94. The molecule has 0 amide bonds. The molecule has 0 bridgehead atoms. The molecule has 0 aliphatic heterocycles. The highest BCUT2D eigenvalue weighted by Gasteiger charge is 2.07. The van der Waals surface area contributed by atoms with Gasteiger partial charge in [0.15, 0.2) is 0 Å². The number of likely N-dealkylation sites (N-methyl/N-ethyl adjacent to an activating group) is 1. The molecule has 0 saturated heterocycles. The van der Waals surface area contributed by atoms with Crippen LogP contribution in [0.2, 0.25) is 0 Å². The summed E-state index contributed by atoms with van der Waals surface area (Å²) in [4.78, 5) is 0. The van der Waals surface area contributed by atoms with E-state index in [1.807, 2.05) is 25.0 Å². The Hall–Kier alpha value is -0.870. The summed E-state index contributed by atoms with van der Waals surface area (Å²) in [5, 5.41) is 7.45. The first-order chi connectivity index (χ1) is 7.76. The molecule has 1 atom stereocenters. The summed E-state index contributed by atoms with van der Waals surface area (Å²) in [5.41, 5.74) is 1.29. The first-order valence-corrected chi connectivity index (χ1v) is 5.98. The third-order valence-electron chi connectivity index (χ3n) is 2.62. The molecule has 4 heteroatoms. The number of nitrogens with one attached hydrogen (secondary N) is 1. The van der Waals surface area contributed by atoms with Crippen molar-refractivity contribution in [1.29, 1.82) is 0 Å². The van der Waals surface area contributed by atoms with E-state index in [1.165, 1.54) is 5.56 Å². The van der Waals surface area contributed by atoms with E-state index in [-0.39, 0.29) is 0 Å². The molecular formula is C12H23N3O. The Kier molecular flexibility index (Phi) is 6.11. The second-order valence-corrected chi connectivity index (χ2v) is 4.12. The molecule has 0 saturated carbocycles. The molecule has 1 heterocycles. The van der Waals surface area contributed by atoms with Crippen molar-refractivity contribution < 1.29 is 4.74 Å². The normalized spacial score (nSPS) is 12.9. The van der Waals surface area contributed by atoms with E-state index in [0.717, 1.165) is 32.5 Å². The molecule has 0 aromatic carbocycles. The van der Waals surface area contributed by atoms with Crippen molar-refractivity contribution >= 4 is 0 Å². The van der Waals surface area contributed by atoms with Crippen LogP contribution in [0.5, 0.6) is 0 Å². The van der Waals surface area contributed by atoms with E-state index in [0.29, 0.717) is 6.04 Å². The van der Waals surface area contributed by atoms with E-state index in [1.54, 1.807) is 0 Å². The van der Waals surface area contributed by atoms with Gasteiger partial charge >= 0.3 is 0 Å². The number of hydrogen-bond donors (Lipinski definition) is 1. The Labute approximate surface area is 98.0 Å². The Bertz CT molecular complexity index is 286. The second kappa shape index (κ2) is 7.41. The van der Waals surface area contributed by atoms with Crippen molar-refractivity contribution in [2.45, 2.75) is 32.2 Å². The number of aryl methyl sites for hydroxylation is 2. The quantitative estimate of drug-likeness (QED) is 0.679. The highest BCUT2D eigenvalue weighted by Crippen LogP contribution is 2.04. The summed E-state index contributed by atoms with van der Waals surface area (Å²) >= 11 is 0. The topological polar surface area (TPSA) is 39.1 Å². The largest absolute Gasteiger partial charge is 0.380 e. The number of aromatic nitrogens is 2. The molecule has 0 spiro atoms. The molecule has 0 aliphatic carbocycles. The number of nitrogens with zero attached hydrogens (tertiary/aromatic N) is 2. The molecule has 1 N–H and O–H groups in total. The summed E-state index contributed by atoms with van der Waals surface area (Å²) in [6.45, 7) is 3.78. The lowest BCUT2D eigenvalue weighted by Crippen LogP contribution is -2.31. The highest BCUT2D eigenvalue weighted by atomic mass is 16.5. The second-order valence-electron chi connectivity index (χ2n) is 4.12. The van der Waals surface area contributed by atoms with Gasteiger partial charge in [0.25, 0.3) is 0 Å². The van der Waals surface area contributed by atoms with E-state index in [4.69, 9.17) is 4.74 Å². The van der Waals surface area contributed by atoms with Gasteiger partial charge in [-0.05, 0) is 31.9 Å². The molecule has 0 fully saturated rings. The lowest BCUT2D eigenvalue weighted by atomic mass is 10.1. The minimum atomic E-state index is 0.437. The van der Waals surface area contributed by atoms with Gasteiger partial charge in [-0.15, -0.1) is 0 Å². The minimum Gasteiger partial charge on any atom is -0.380 e. The third kappa shape index (κ3) is 4.77. The summed E-state index contributed by atoms with van der Waals surface area (Å²) in [5.74, 6) is 0. The van der Waals surface area contributed by atoms with Gasteiger partial charge in [-0.25, -0.2) is 0 Å². The summed E-state index contributed by atoms with van der Waals surface area (Å²) in [6, 6.07) is 0.437. The highest BCUT2D eigenvalue weighted by molar-refractivity contribution is 5.03. The Morgan fingerprint density at radius 3 is 2.94 bits per heavy atom. The van der Waals surface area contributed by atoms with Crippen LogP contribution >= 0.6 is 0 Å². The molecule has 1 aromatic rings. The van der Waals surface area contributed by atoms with Crippen LogP contribution in [0.3, 0.4) is 0 Å². The van der Waals surface area contributed by atoms with Gasteiger partial charge < -0.3 is 10.1 Å². The number of hydrogen-bond acceptors (Lipinski definition) is 3. The van der Waals surface area contributed by atoms with Gasteiger partial charge in [0.1, 0.15) is 0 Å². The average Bonchev–Trinajstić information content (AvgIpc) is 2.69. The zero-order valence-electron chi connectivity index (χ0n) is 10.6. The van der Waals surface area contributed by atoms with Gasteiger partial charge in [-0.2, -0.15) is 5.10 Å². The molecule has 1 rings (SSSR count). The van der Waals surface area contributed by atoms with E-state index >= 15 is 0 Å². The van der Waals surface area contributed by atoms with Crippen molar-refractivity contribution in [3.8, 4) is 0 Å². The lowest BCUT2D eigenvalue weighted by molar-refractivity contribution is 0.111. The predicted molar refractivity (Wildman–Crippen MR) is 65.5 cm³/mol. The minimum absolute atomic E-state index is 0.437. The van der Waals surface area contributed by atoms with Gasteiger partial charge in [-0.3, -0.25) is 4.68 Å². The molecule has 92 valence electrons. The van der Waals surface area contributed by atoms with E-state index < -0.39 is 0 Å². The van der Waals surface area contributed by atoms with Gasteiger partial charge in [0.2, 0.25) is 0 Å². The molecule has 16 heavy (non-hydrogen) atoms. The standard InChI is InChI=1S/C12H23N3O/c1-4-7-16-10-12(13-2)6-5-11-8-14-15(3)9-11/h8-9,12-13H,4-7,10H2,1-3H3. The fourth-order valence-corrected chi connectivity index (χ4v) is 1.62. The Morgan fingerprint density at radius 2 is 2.38 bits per heavy atom. The van der Waals surface area contributed by atoms with Crippen molar-refractivity contribution in [2.24, 2.45) is 7.05 Å². The predicted octanol–water partition coefficient (Wildman–Crippen LogP) is 1.37. The molecule has 4 nitrogen and oxygen atoms in total. The number of rotatable bonds is 8. The van der Waals surface area contributed by atoms with Gasteiger partial charge in [0.05, 0.1) is 12.8 Å². The van der Waals surface area contributed by atoms with Crippen LogP contribution < -0.4 is 5.32 Å². The van der Waals surface area contributed by atoms with Crippen molar-refractivity contribution in [1.82, 2.24) is 15.1 Å². The molecule has 1 unspecified atom stereocenters. The fourth-order valence-electron chi connectivity index (χ4n) is 1.62. The molecular weight excluding hydrogens is 202 g/mol. The smallest absolute Gasteiger partial charge is 0.0619 e. The van der Waals surface area contributed by atoms with Crippen LogP contribution in [0.1, 0.15) is 25.3 Å². The maximum absolute atomic E-state index is 5.55. The SMILES string of the molecule is CCCOCC(CCc1cnn(C)c1)NC. The fraction of sp³-hybridized carbons (Fsp3) is 0.750. The summed E-state index contributed by atoms with van der Waals surface area (Å²) < 4.78 is 7.39. The van der Waals surface area contributed by atoms with E-state index in [9.17, 15) is 0 Å². The first-order valence-electron chi connectivity index (χ1n) is 5.98. The zero-order valence-corrected chi connectivity index (χ0v) is 10.6. The van der Waals surface area contributed by atoms with Crippen LogP contribution in [0.25, 0.3) is 0 Å². The zero-order chi connectivity index (χ0) is 11.8. The Balaban J connectivity index is 2.22. The van der Waals surface area contributed by atoms with Crippen LogP contribution in [-0.2, 0) is 18.2 Å². The molecule has 0 aliphatic rings. The maximum atomic E-state index is 5.55. The average molecular weight is 225 g/mol. The molecule has 1 aromatic heterocycles. The molecule has 0 radical (unpaired) electrons. The van der Waals surface area contributed by atoms with Crippen LogP contribution in [-0.4, -0.2) is 36.1 Å². The Morgan fingerprint density at radius 1 is 1.56 bits per heavy atom. The van der Waals surface area contributed by atoms with E-state index in [2.05, 4.69) is 23.5 Å². The van der Waals surface area contributed by atoms with Gasteiger partial charge in [-0.1, -0.05) is 6.92 Å². The van der Waals surface area contributed by atoms with Crippen molar-refractivity contribution in [2.75, 3.05) is 20.3 Å². The number of ether oxygens (including phenoxy) is 1. The lowest BCUT2D eigenvalue weighted by Gasteiger charge is -2.15. The first kappa shape index (κ1) is 13.2. The monoisotopic (exact) mass is 225 g/mol. The summed E-state index contributed by atoms with van der Waals surface area (Å²) in [6.07, 6.45) is 7.22. The third-order valence-corrected chi connectivity index (χ3v) is 2.62.